The van der Waals surface area contributed by atoms with Crippen LogP contribution in [0.15, 0.2) is 54.7 Å². The van der Waals surface area contributed by atoms with Gasteiger partial charge in [-0.2, -0.15) is 5.10 Å². The average molecular weight is 371 g/mol. The molecule has 2 aromatic carbocycles. The second-order valence-electron chi connectivity index (χ2n) is 7.59. The fourth-order valence-electron chi connectivity index (χ4n) is 3.92. The molecular formula is C22H21N5O. The number of pyridine rings is 1. The van der Waals surface area contributed by atoms with E-state index in [1.165, 1.54) is 0 Å². The number of amides is 1. The van der Waals surface area contributed by atoms with Crippen LogP contribution in [0.1, 0.15) is 30.1 Å². The monoisotopic (exact) mass is 371 g/mol. The lowest BCUT2D eigenvalue weighted by molar-refractivity contribution is 0.0898. The van der Waals surface area contributed by atoms with Crippen molar-refractivity contribution < 1.29 is 4.79 Å². The first-order valence-electron chi connectivity index (χ1n) is 9.57. The summed E-state index contributed by atoms with van der Waals surface area (Å²) >= 11 is 0. The van der Waals surface area contributed by atoms with Crippen LogP contribution in [0.25, 0.3) is 21.8 Å². The van der Waals surface area contributed by atoms with Gasteiger partial charge >= 0.3 is 0 Å². The van der Waals surface area contributed by atoms with Crippen molar-refractivity contribution in [3.8, 4) is 0 Å². The number of anilines is 2. The predicted molar refractivity (Wildman–Crippen MR) is 111 cm³/mol. The topological polar surface area (TPSA) is 82.7 Å². The predicted octanol–water partition coefficient (Wildman–Crippen LogP) is 4.38. The van der Waals surface area contributed by atoms with E-state index in [4.69, 9.17) is 0 Å². The van der Waals surface area contributed by atoms with Crippen LogP contribution in [0.5, 0.6) is 0 Å². The lowest BCUT2D eigenvalue weighted by Gasteiger charge is -2.33. The van der Waals surface area contributed by atoms with E-state index in [1.807, 2.05) is 48.5 Å². The molecule has 4 aromatic rings. The summed E-state index contributed by atoms with van der Waals surface area (Å²) in [6, 6.07) is 15.9. The molecule has 0 unspecified atom stereocenters. The third-order valence-electron chi connectivity index (χ3n) is 5.42. The Morgan fingerprint density at radius 1 is 1.14 bits per heavy atom. The standard InChI is InChI=1S/C22H21N5O/c1-13-10-16(11-13)25-22(28)18-5-2-4-14-12-15(7-8-17(14)18)24-21-20-19(26-27-21)6-3-9-23-20/h2-9,12-13,16H,10-11H2,1H3,(H,25,28)(H2,24,26,27). The van der Waals surface area contributed by atoms with Gasteiger partial charge in [0.15, 0.2) is 5.82 Å². The molecule has 1 saturated carbocycles. The van der Waals surface area contributed by atoms with Gasteiger partial charge in [-0.05, 0) is 59.9 Å². The molecule has 0 spiro atoms. The minimum absolute atomic E-state index is 0.00528. The van der Waals surface area contributed by atoms with Crippen molar-refractivity contribution in [3.05, 3.63) is 60.3 Å². The van der Waals surface area contributed by atoms with Crippen LogP contribution >= 0.6 is 0 Å². The molecule has 1 fully saturated rings. The molecule has 1 amide bonds. The lowest BCUT2D eigenvalue weighted by atomic mass is 9.82. The molecule has 0 atom stereocenters. The highest BCUT2D eigenvalue weighted by Gasteiger charge is 2.27. The number of rotatable bonds is 4. The zero-order valence-corrected chi connectivity index (χ0v) is 15.6. The first-order chi connectivity index (χ1) is 13.7. The fourth-order valence-corrected chi connectivity index (χ4v) is 3.92. The number of carbonyl (C=O) groups excluding carboxylic acids is 1. The molecule has 0 bridgehead atoms. The smallest absolute Gasteiger partial charge is 0.252 e. The van der Waals surface area contributed by atoms with Crippen LogP contribution in [0.4, 0.5) is 11.5 Å². The number of nitrogens with one attached hydrogen (secondary N) is 3. The molecule has 0 aliphatic heterocycles. The van der Waals surface area contributed by atoms with E-state index < -0.39 is 0 Å². The summed E-state index contributed by atoms with van der Waals surface area (Å²) in [6.07, 6.45) is 3.88. The van der Waals surface area contributed by atoms with Crippen molar-refractivity contribution in [1.29, 1.82) is 0 Å². The zero-order valence-electron chi connectivity index (χ0n) is 15.6. The van der Waals surface area contributed by atoms with Gasteiger partial charge in [-0.15, -0.1) is 0 Å². The van der Waals surface area contributed by atoms with Gasteiger partial charge in [0.05, 0.1) is 5.52 Å². The summed E-state index contributed by atoms with van der Waals surface area (Å²) in [7, 11) is 0. The maximum Gasteiger partial charge on any atom is 0.252 e. The number of aromatic amines is 1. The van der Waals surface area contributed by atoms with Crippen molar-refractivity contribution in [3.63, 3.8) is 0 Å². The van der Waals surface area contributed by atoms with Crippen LogP contribution < -0.4 is 10.6 Å². The number of hydrogen-bond acceptors (Lipinski definition) is 4. The van der Waals surface area contributed by atoms with E-state index >= 15 is 0 Å². The van der Waals surface area contributed by atoms with Crippen LogP contribution in [-0.4, -0.2) is 27.1 Å². The van der Waals surface area contributed by atoms with Gasteiger partial charge in [-0.25, -0.2) is 0 Å². The molecule has 0 saturated heterocycles. The van der Waals surface area contributed by atoms with Gasteiger partial charge < -0.3 is 10.6 Å². The van der Waals surface area contributed by atoms with E-state index in [0.29, 0.717) is 17.8 Å². The summed E-state index contributed by atoms with van der Waals surface area (Å²) in [5.41, 5.74) is 3.30. The van der Waals surface area contributed by atoms with E-state index in [0.717, 1.165) is 45.9 Å². The van der Waals surface area contributed by atoms with Crippen molar-refractivity contribution >= 4 is 39.2 Å². The molecule has 5 rings (SSSR count). The van der Waals surface area contributed by atoms with Crippen LogP contribution in [0.3, 0.4) is 0 Å². The maximum atomic E-state index is 12.7. The Morgan fingerprint density at radius 2 is 2.04 bits per heavy atom. The van der Waals surface area contributed by atoms with Crippen molar-refractivity contribution in [2.24, 2.45) is 5.92 Å². The van der Waals surface area contributed by atoms with E-state index in [-0.39, 0.29) is 5.91 Å². The Bertz CT molecular complexity index is 1180. The molecule has 2 heterocycles. The Balaban J connectivity index is 1.43. The number of nitrogens with zero attached hydrogens (tertiary/aromatic N) is 2. The maximum absolute atomic E-state index is 12.7. The Morgan fingerprint density at radius 3 is 2.89 bits per heavy atom. The lowest BCUT2D eigenvalue weighted by Crippen LogP contribution is -2.43. The highest BCUT2D eigenvalue weighted by atomic mass is 16.1. The third-order valence-corrected chi connectivity index (χ3v) is 5.42. The van der Waals surface area contributed by atoms with Gasteiger partial charge in [0, 0.05) is 23.5 Å². The van der Waals surface area contributed by atoms with Crippen molar-refractivity contribution in [2.75, 3.05) is 5.32 Å². The number of aromatic nitrogens is 3. The molecule has 2 aromatic heterocycles. The molecular weight excluding hydrogens is 350 g/mol. The fraction of sp³-hybridized carbons (Fsp3) is 0.227. The molecule has 0 radical (unpaired) electrons. The molecule has 6 nitrogen and oxygen atoms in total. The minimum Gasteiger partial charge on any atom is -0.349 e. The SMILES string of the molecule is CC1CC(NC(=O)c2cccc3cc(Nc4n[nH]c5cccnc45)ccc23)C1. The second-order valence-corrected chi connectivity index (χ2v) is 7.59. The van der Waals surface area contributed by atoms with Crippen LogP contribution in [0.2, 0.25) is 0 Å². The summed E-state index contributed by atoms with van der Waals surface area (Å²) in [5, 5.41) is 15.7. The largest absolute Gasteiger partial charge is 0.349 e. The number of hydrogen-bond donors (Lipinski definition) is 3. The second kappa shape index (κ2) is 6.64. The van der Waals surface area contributed by atoms with Crippen molar-refractivity contribution in [2.45, 2.75) is 25.8 Å². The van der Waals surface area contributed by atoms with Crippen LogP contribution in [-0.2, 0) is 0 Å². The number of H-pyrrole nitrogens is 1. The molecule has 140 valence electrons. The quantitative estimate of drug-likeness (QED) is 0.497. The Hall–Kier alpha value is -3.41. The Kier molecular flexibility index (Phi) is 3.97. The average Bonchev–Trinajstić information content (AvgIpc) is 3.09. The first kappa shape index (κ1) is 16.7. The molecule has 1 aliphatic rings. The first-order valence-corrected chi connectivity index (χ1v) is 9.57. The van der Waals surface area contributed by atoms with Gasteiger partial charge in [0.25, 0.3) is 5.91 Å². The van der Waals surface area contributed by atoms with Gasteiger partial charge in [-0.3, -0.25) is 14.9 Å². The highest BCUT2D eigenvalue weighted by Crippen LogP contribution is 2.29. The van der Waals surface area contributed by atoms with E-state index in [9.17, 15) is 4.79 Å². The summed E-state index contributed by atoms with van der Waals surface area (Å²) in [6.45, 7) is 2.22. The van der Waals surface area contributed by atoms with Gasteiger partial charge in [-0.1, -0.05) is 25.1 Å². The summed E-state index contributed by atoms with van der Waals surface area (Å²) in [5.74, 6) is 1.40. The molecule has 6 heteroatoms. The van der Waals surface area contributed by atoms with E-state index in [1.54, 1.807) is 6.20 Å². The van der Waals surface area contributed by atoms with E-state index in [2.05, 4.69) is 32.7 Å². The normalized spacial score (nSPS) is 18.8. The molecule has 28 heavy (non-hydrogen) atoms. The summed E-state index contributed by atoms with van der Waals surface area (Å²) < 4.78 is 0. The van der Waals surface area contributed by atoms with Crippen LogP contribution in [0, 0.1) is 5.92 Å². The third kappa shape index (κ3) is 2.97. The number of fused-ring (bicyclic) bond motifs is 2. The molecule has 3 N–H and O–H groups in total. The highest BCUT2D eigenvalue weighted by molar-refractivity contribution is 6.07. The number of benzene rings is 2. The number of carbonyl (C=O) groups is 1. The minimum atomic E-state index is 0.00528. The van der Waals surface area contributed by atoms with Gasteiger partial charge in [0.1, 0.15) is 5.52 Å². The zero-order chi connectivity index (χ0) is 19.1. The Labute approximate surface area is 162 Å². The summed E-state index contributed by atoms with van der Waals surface area (Å²) in [4.78, 5) is 17.1. The van der Waals surface area contributed by atoms with Crippen molar-refractivity contribution in [1.82, 2.24) is 20.5 Å². The molecule has 1 aliphatic carbocycles. The van der Waals surface area contributed by atoms with Gasteiger partial charge in [0.2, 0.25) is 0 Å².